The van der Waals surface area contributed by atoms with Gasteiger partial charge in [-0.1, -0.05) is 6.58 Å². The topological polar surface area (TPSA) is 38.1 Å². The number of nitrogens with one attached hydrogen (secondary N) is 1. The van der Waals surface area contributed by atoms with Crippen LogP contribution in [-0.2, 0) is 0 Å². The Morgan fingerprint density at radius 2 is 2.67 bits per heavy atom. The Labute approximate surface area is 53.4 Å². The van der Waals surface area contributed by atoms with Crippen molar-refractivity contribution in [1.29, 1.82) is 0 Å². The van der Waals surface area contributed by atoms with Gasteiger partial charge in [0.2, 0.25) is 5.89 Å². The first-order valence-corrected chi connectivity index (χ1v) is 2.62. The fraction of sp³-hybridized carbons (Fsp3) is 0.167. The molecule has 0 bridgehead atoms. The van der Waals surface area contributed by atoms with Gasteiger partial charge < -0.3 is 9.73 Å². The quantitative estimate of drug-likeness (QED) is 0.646. The summed E-state index contributed by atoms with van der Waals surface area (Å²) in [6.45, 7) is 3.49. The highest BCUT2D eigenvalue weighted by molar-refractivity contribution is 5.40. The second kappa shape index (κ2) is 2.35. The van der Waals surface area contributed by atoms with E-state index in [4.69, 9.17) is 4.42 Å². The lowest BCUT2D eigenvalue weighted by Crippen LogP contribution is -1.86. The molecule has 3 nitrogen and oxygen atoms in total. The zero-order valence-corrected chi connectivity index (χ0v) is 5.22. The van der Waals surface area contributed by atoms with Crippen molar-refractivity contribution in [3.63, 3.8) is 0 Å². The van der Waals surface area contributed by atoms with Gasteiger partial charge in [0, 0.05) is 7.05 Å². The maximum atomic E-state index is 4.91. The standard InChI is InChI=1S/C6H8N2O/c1-3-6-8-5(7-2)4-9-6/h3-4,7H,1H2,2H3. The van der Waals surface area contributed by atoms with Crippen molar-refractivity contribution in [3.8, 4) is 0 Å². The van der Waals surface area contributed by atoms with Crippen LogP contribution in [0.4, 0.5) is 5.82 Å². The Morgan fingerprint density at radius 1 is 1.89 bits per heavy atom. The van der Waals surface area contributed by atoms with E-state index < -0.39 is 0 Å². The van der Waals surface area contributed by atoms with Crippen LogP contribution in [0, 0.1) is 0 Å². The molecule has 0 amide bonds. The van der Waals surface area contributed by atoms with E-state index in [2.05, 4.69) is 16.9 Å². The molecule has 1 aromatic heterocycles. The molecule has 0 saturated heterocycles. The van der Waals surface area contributed by atoms with E-state index in [0.717, 1.165) is 5.82 Å². The van der Waals surface area contributed by atoms with Gasteiger partial charge in [-0.15, -0.1) is 0 Å². The number of hydrogen-bond acceptors (Lipinski definition) is 3. The van der Waals surface area contributed by atoms with E-state index in [0.29, 0.717) is 5.89 Å². The average Bonchev–Trinajstić information content (AvgIpc) is 2.34. The van der Waals surface area contributed by atoms with Gasteiger partial charge in [-0.2, -0.15) is 4.98 Å². The van der Waals surface area contributed by atoms with Crippen LogP contribution >= 0.6 is 0 Å². The van der Waals surface area contributed by atoms with Crippen LogP contribution < -0.4 is 5.32 Å². The van der Waals surface area contributed by atoms with Crippen LogP contribution in [-0.4, -0.2) is 12.0 Å². The molecule has 1 aromatic rings. The Kier molecular flexibility index (Phi) is 1.53. The zero-order valence-electron chi connectivity index (χ0n) is 5.22. The molecule has 0 fully saturated rings. The van der Waals surface area contributed by atoms with Crippen molar-refractivity contribution in [1.82, 2.24) is 4.98 Å². The predicted octanol–water partition coefficient (Wildman–Crippen LogP) is 1.36. The van der Waals surface area contributed by atoms with Crippen molar-refractivity contribution in [3.05, 3.63) is 18.7 Å². The van der Waals surface area contributed by atoms with Crippen LogP contribution in [0.5, 0.6) is 0 Å². The summed E-state index contributed by atoms with van der Waals surface area (Å²) >= 11 is 0. The van der Waals surface area contributed by atoms with E-state index in [-0.39, 0.29) is 0 Å². The summed E-state index contributed by atoms with van der Waals surface area (Å²) in [6.07, 6.45) is 3.10. The molecule has 0 radical (unpaired) electrons. The molecule has 0 aliphatic carbocycles. The normalized spacial score (nSPS) is 9.00. The molecule has 3 heteroatoms. The number of nitrogens with zero attached hydrogens (tertiary/aromatic N) is 1. The molecule has 1 rings (SSSR count). The lowest BCUT2D eigenvalue weighted by Gasteiger charge is -1.83. The van der Waals surface area contributed by atoms with Crippen molar-refractivity contribution >= 4 is 11.9 Å². The molecule has 1 N–H and O–H groups in total. The van der Waals surface area contributed by atoms with Crippen LogP contribution in [0.3, 0.4) is 0 Å². The summed E-state index contributed by atoms with van der Waals surface area (Å²) in [5.74, 6) is 1.27. The van der Waals surface area contributed by atoms with Crippen molar-refractivity contribution in [2.75, 3.05) is 12.4 Å². The lowest BCUT2D eigenvalue weighted by molar-refractivity contribution is 0.547. The average molecular weight is 124 g/mol. The summed E-state index contributed by atoms with van der Waals surface area (Å²) in [6, 6.07) is 0. The molecule has 0 unspecified atom stereocenters. The summed E-state index contributed by atoms with van der Waals surface area (Å²) in [5, 5.41) is 2.83. The number of rotatable bonds is 2. The molecule has 9 heavy (non-hydrogen) atoms. The molecular formula is C6H8N2O. The number of anilines is 1. The smallest absolute Gasteiger partial charge is 0.219 e. The van der Waals surface area contributed by atoms with Crippen LogP contribution in [0.15, 0.2) is 17.3 Å². The molecule has 0 saturated carbocycles. The van der Waals surface area contributed by atoms with Crippen LogP contribution in [0.2, 0.25) is 0 Å². The first-order chi connectivity index (χ1) is 4.36. The van der Waals surface area contributed by atoms with E-state index in [9.17, 15) is 0 Å². The predicted molar refractivity (Wildman–Crippen MR) is 36.1 cm³/mol. The second-order valence-corrected chi connectivity index (χ2v) is 1.53. The number of hydrogen-bond donors (Lipinski definition) is 1. The maximum Gasteiger partial charge on any atom is 0.219 e. The van der Waals surface area contributed by atoms with Gasteiger partial charge in [-0.25, -0.2) is 0 Å². The second-order valence-electron chi connectivity index (χ2n) is 1.53. The Balaban J connectivity index is 2.86. The molecule has 0 spiro atoms. The van der Waals surface area contributed by atoms with Gasteiger partial charge >= 0.3 is 0 Å². The molecule has 0 aliphatic rings. The van der Waals surface area contributed by atoms with Gasteiger partial charge in [0.05, 0.1) is 0 Å². The van der Waals surface area contributed by atoms with Gasteiger partial charge in [-0.05, 0) is 6.08 Å². The minimum Gasteiger partial charge on any atom is -0.443 e. The fourth-order valence-electron chi connectivity index (χ4n) is 0.496. The molecular weight excluding hydrogens is 116 g/mol. The summed E-state index contributed by atoms with van der Waals surface area (Å²) < 4.78 is 4.91. The Hall–Kier alpha value is -1.25. The van der Waals surface area contributed by atoms with Gasteiger partial charge in [0.25, 0.3) is 0 Å². The van der Waals surface area contributed by atoms with Gasteiger partial charge in [0.1, 0.15) is 6.26 Å². The van der Waals surface area contributed by atoms with E-state index in [1.54, 1.807) is 13.1 Å². The van der Waals surface area contributed by atoms with Crippen molar-refractivity contribution in [2.45, 2.75) is 0 Å². The fourth-order valence-corrected chi connectivity index (χ4v) is 0.496. The highest BCUT2D eigenvalue weighted by Crippen LogP contribution is 2.05. The Bertz CT molecular complexity index is 205. The zero-order chi connectivity index (χ0) is 6.69. The maximum absolute atomic E-state index is 4.91. The third-order valence-electron chi connectivity index (χ3n) is 0.953. The van der Waals surface area contributed by atoms with Crippen molar-refractivity contribution < 1.29 is 4.42 Å². The largest absolute Gasteiger partial charge is 0.443 e. The minimum atomic E-state index is 0.541. The number of aromatic nitrogens is 1. The molecule has 48 valence electrons. The van der Waals surface area contributed by atoms with E-state index in [1.165, 1.54) is 6.26 Å². The summed E-state index contributed by atoms with van der Waals surface area (Å²) in [5.41, 5.74) is 0. The highest BCUT2D eigenvalue weighted by Gasteiger charge is 1.94. The monoisotopic (exact) mass is 124 g/mol. The van der Waals surface area contributed by atoms with Crippen molar-refractivity contribution in [2.24, 2.45) is 0 Å². The molecule has 0 aliphatic heterocycles. The summed E-state index contributed by atoms with van der Waals surface area (Å²) in [4.78, 5) is 3.95. The first-order valence-electron chi connectivity index (χ1n) is 2.62. The number of oxazole rings is 1. The first kappa shape index (κ1) is 5.88. The summed E-state index contributed by atoms with van der Waals surface area (Å²) in [7, 11) is 1.78. The van der Waals surface area contributed by atoms with Crippen LogP contribution in [0.25, 0.3) is 6.08 Å². The van der Waals surface area contributed by atoms with Crippen LogP contribution in [0.1, 0.15) is 5.89 Å². The lowest BCUT2D eigenvalue weighted by atomic mass is 10.6. The van der Waals surface area contributed by atoms with Gasteiger partial charge in [0.15, 0.2) is 5.82 Å². The van der Waals surface area contributed by atoms with E-state index >= 15 is 0 Å². The molecule has 1 heterocycles. The molecule has 0 aromatic carbocycles. The SMILES string of the molecule is C=Cc1nc(NC)co1. The Morgan fingerprint density at radius 3 is 3.00 bits per heavy atom. The third kappa shape index (κ3) is 1.10. The van der Waals surface area contributed by atoms with Gasteiger partial charge in [-0.3, -0.25) is 0 Å². The van der Waals surface area contributed by atoms with E-state index in [1.807, 2.05) is 0 Å². The minimum absolute atomic E-state index is 0.541. The molecule has 0 atom stereocenters. The highest BCUT2D eigenvalue weighted by atomic mass is 16.3. The third-order valence-corrected chi connectivity index (χ3v) is 0.953.